The summed E-state index contributed by atoms with van der Waals surface area (Å²) in [6, 6.07) is 4.87. The van der Waals surface area contributed by atoms with E-state index in [9.17, 15) is 18.0 Å². The Kier molecular flexibility index (Phi) is 6.46. The highest BCUT2D eigenvalue weighted by Gasteiger charge is 2.30. The van der Waals surface area contributed by atoms with Crippen molar-refractivity contribution >= 4 is 17.2 Å². The van der Waals surface area contributed by atoms with E-state index in [1.54, 1.807) is 5.38 Å². The normalized spacial score (nSPS) is 15.7. The summed E-state index contributed by atoms with van der Waals surface area (Å²) >= 11 is 1.31. The Hall–Kier alpha value is -1.97. The van der Waals surface area contributed by atoms with Gasteiger partial charge in [-0.15, -0.1) is 11.3 Å². The standard InChI is InChI=1S/C18H20F3N3O2S/c19-18(20,21)14-3-1-13(2-4-14)17-23-15(12-27-17)11-16(25)22-5-6-24-7-9-26-10-8-24/h1-4,12H,5-11H2,(H,22,25). The lowest BCUT2D eigenvalue weighted by Crippen LogP contribution is -2.41. The van der Waals surface area contributed by atoms with E-state index in [4.69, 9.17) is 4.74 Å². The molecule has 1 aliphatic heterocycles. The molecule has 5 nitrogen and oxygen atoms in total. The van der Waals surface area contributed by atoms with Crippen LogP contribution in [0.25, 0.3) is 10.6 Å². The number of hydrogen-bond acceptors (Lipinski definition) is 5. The molecular weight excluding hydrogens is 379 g/mol. The third-order valence-corrected chi connectivity index (χ3v) is 5.15. The van der Waals surface area contributed by atoms with E-state index in [0.717, 1.165) is 45.0 Å². The first-order chi connectivity index (χ1) is 12.9. The van der Waals surface area contributed by atoms with Gasteiger partial charge in [0, 0.05) is 37.1 Å². The minimum Gasteiger partial charge on any atom is -0.379 e. The van der Waals surface area contributed by atoms with E-state index in [2.05, 4.69) is 15.2 Å². The molecule has 1 amide bonds. The summed E-state index contributed by atoms with van der Waals surface area (Å²) in [4.78, 5) is 18.6. The Labute approximate surface area is 159 Å². The zero-order chi connectivity index (χ0) is 19.3. The first kappa shape index (κ1) is 19.8. The third kappa shape index (κ3) is 5.75. The molecule has 2 aromatic rings. The maximum absolute atomic E-state index is 12.6. The molecule has 0 atom stereocenters. The lowest BCUT2D eigenvalue weighted by Gasteiger charge is -2.26. The number of benzene rings is 1. The summed E-state index contributed by atoms with van der Waals surface area (Å²) in [6.45, 7) is 4.54. The van der Waals surface area contributed by atoms with Gasteiger partial charge in [0.2, 0.25) is 5.91 Å². The van der Waals surface area contributed by atoms with Gasteiger partial charge in [-0.1, -0.05) is 12.1 Å². The van der Waals surface area contributed by atoms with E-state index >= 15 is 0 Å². The highest BCUT2D eigenvalue weighted by Crippen LogP contribution is 2.31. The van der Waals surface area contributed by atoms with Gasteiger partial charge in [0.15, 0.2) is 0 Å². The average molecular weight is 399 g/mol. The Morgan fingerprint density at radius 1 is 1.22 bits per heavy atom. The van der Waals surface area contributed by atoms with Crippen molar-refractivity contribution in [2.24, 2.45) is 0 Å². The molecule has 3 rings (SSSR count). The number of thiazole rings is 1. The lowest BCUT2D eigenvalue weighted by molar-refractivity contribution is -0.137. The molecule has 0 spiro atoms. The SMILES string of the molecule is O=C(Cc1csc(-c2ccc(C(F)(F)F)cc2)n1)NCCN1CCOCC1. The van der Waals surface area contributed by atoms with Crippen LogP contribution < -0.4 is 5.32 Å². The minimum atomic E-state index is -4.36. The number of carbonyl (C=O) groups excluding carboxylic acids is 1. The average Bonchev–Trinajstić information content (AvgIpc) is 3.10. The molecule has 0 saturated carbocycles. The van der Waals surface area contributed by atoms with Crippen molar-refractivity contribution < 1.29 is 22.7 Å². The van der Waals surface area contributed by atoms with Crippen molar-refractivity contribution in [2.45, 2.75) is 12.6 Å². The molecular formula is C18H20F3N3O2S. The summed E-state index contributed by atoms with van der Waals surface area (Å²) in [7, 11) is 0. The van der Waals surface area contributed by atoms with Crippen LogP contribution in [0.2, 0.25) is 0 Å². The molecule has 0 unspecified atom stereocenters. The summed E-state index contributed by atoms with van der Waals surface area (Å²) in [5.74, 6) is -0.118. The number of morpholine rings is 1. The van der Waals surface area contributed by atoms with Gasteiger partial charge < -0.3 is 10.1 Å². The van der Waals surface area contributed by atoms with E-state index in [1.165, 1.54) is 23.5 Å². The quantitative estimate of drug-likeness (QED) is 0.812. The second-order valence-corrected chi connectivity index (χ2v) is 7.06. The summed E-state index contributed by atoms with van der Waals surface area (Å²) < 4.78 is 43.1. The molecule has 1 aliphatic rings. The predicted octanol–water partition coefficient (Wildman–Crippen LogP) is 2.82. The first-order valence-electron chi connectivity index (χ1n) is 8.60. The van der Waals surface area contributed by atoms with Crippen LogP contribution in [-0.4, -0.2) is 55.2 Å². The van der Waals surface area contributed by atoms with Gasteiger partial charge in [-0.3, -0.25) is 9.69 Å². The number of hydrogen-bond donors (Lipinski definition) is 1. The summed E-state index contributed by atoms with van der Waals surface area (Å²) in [5, 5.41) is 5.23. The molecule has 1 aromatic heterocycles. The largest absolute Gasteiger partial charge is 0.416 e. The van der Waals surface area contributed by atoms with Crippen molar-refractivity contribution in [2.75, 3.05) is 39.4 Å². The first-order valence-corrected chi connectivity index (χ1v) is 9.48. The van der Waals surface area contributed by atoms with E-state index < -0.39 is 11.7 Å². The smallest absolute Gasteiger partial charge is 0.379 e. The van der Waals surface area contributed by atoms with Crippen LogP contribution in [0.5, 0.6) is 0 Å². The molecule has 1 N–H and O–H groups in total. The molecule has 0 bridgehead atoms. The molecule has 9 heteroatoms. The van der Waals surface area contributed by atoms with Gasteiger partial charge in [-0.25, -0.2) is 4.98 Å². The number of nitrogens with zero attached hydrogens (tertiary/aromatic N) is 2. The fourth-order valence-electron chi connectivity index (χ4n) is 2.73. The molecule has 1 fully saturated rings. The number of amides is 1. The minimum absolute atomic E-state index is 0.118. The van der Waals surface area contributed by atoms with Crippen LogP contribution in [0.3, 0.4) is 0 Å². The van der Waals surface area contributed by atoms with Gasteiger partial charge in [0.1, 0.15) is 5.01 Å². The van der Waals surface area contributed by atoms with Crippen molar-refractivity contribution in [1.82, 2.24) is 15.2 Å². The van der Waals surface area contributed by atoms with Crippen molar-refractivity contribution in [3.63, 3.8) is 0 Å². The Morgan fingerprint density at radius 2 is 1.93 bits per heavy atom. The fraction of sp³-hybridized carbons (Fsp3) is 0.444. The number of nitrogens with one attached hydrogen (secondary N) is 1. The summed E-state index contributed by atoms with van der Waals surface area (Å²) in [6.07, 6.45) is -4.20. The number of ether oxygens (including phenoxy) is 1. The van der Waals surface area contributed by atoms with Crippen LogP contribution in [0, 0.1) is 0 Å². The van der Waals surface area contributed by atoms with Crippen molar-refractivity contribution in [3.05, 3.63) is 40.9 Å². The van der Waals surface area contributed by atoms with E-state index in [1.807, 2.05) is 0 Å². The van der Waals surface area contributed by atoms with E-state index in [-0.39, 0.29) is 12.3 Å². The Morgan fingerprint density at radius 3 is 2.59 bits per heavy atom. The van der Waals surface area contributed by atoms with Crippen LogP contribution in [0.1, 0.15) is 11.3 Å². The molecule has 0 radical (unpaired) electrons. The van der Waals surface area contributed by atoms with Crippen molar-refractivity contribution in [3.8, 4) is 10.6 Å². The zero-order valence-corrected chi connectivity index (χ0v) is 15.4. The molecule has 1 saturated heterocycles. The third-order valence-electron chi connectivity index (χ3n) is 4.21. The van der Waals surface area contributed by atoms with Crippen LogP contribution in [0.15, 0.2) is 29.6 Å². The van der Waals surface area contributed by atoms with Gasteiger partial charge in [-0.05, 0) is 12.1 Å². The second kappa shape index (κ2) is 8.81. The number of alkyl halides is 3. The second-order valence-electron chi connectivity index (χ2n) is 6.20. The van der Waals surface area contributed by atoms with E-state index in [0.29, 0.717) is 22.8 Å². The number of rotatable bonds is 6. The molecule has 2 heterocycles. The maximum atomic E-state index is 12.6. The van der Waals surface area contributed by atoms with Crippen LogP contribution >= 0.6 is 11.3 Å². The zero-order valence-electron chi connectivity index (χ0n) is 14.6. The molecule has 0 aliphatic carbocycles. The molecule has 27 heavy (non-hydrogen) atoms. The predicted molar refractivity (Wildman–Crippen MR) is 96.5 cm³/mol. The number of carbonyl (C=O) groups is 1. The number of halogens is 3. The fourth-order valence-corrected chi connectivity index (χ4v) is 3.55. The van der Waals surface area contributed by atoms with Gasteiger partial charge in [0.05, 0.1) is 30.9 Å². The molecule has 146 valence electrons. The highest BCUT2D eigenvalue weighted by molar-refractivity contribution is 7.13. The maximum Gasteiger partial charge on any atom is 0.416 e. The monoisotopic (exact) mass is 399 g/mol. The lowest BCUT2D eigenvalue weighted by atomic mass is 10.1. The van der Waals surface area contributed by atoms with Gasteiger partial charge in [0.25, 0.3) is 0 Å². The Balaban J connectivity index is 1.49. The Bertz CT molecular complexity index is 756. The van der Waals surface area contributed by atoms with Gasteiger partial charge >= 0.3 is 6.18 Å². The van der Waals surface area contributed by atoms with Crippen LogP contribution in [-0.2, 0) is 22.1 Å². The molecule has 1 aromatic carbocycles. The highest BCUT2D eigenvalue weighted by atomic mass is 32.1. The van der Waals surface area contributed by atoms with Crippen molar-refractivity contribution in [1.29, 1.82) is 0 Å². The number of aromatic nitrogens is 1. The summed E-state index contributed by atoms with van der Waals surface area (Å²) in [5.41, 5.74) is 0.522. The topological polar surface area (TPSA) is 54.5 Å². The van der Waals surface area contributed by atoms with Gasteiger partial charge in [-0.2, -0.15) is 13.2 Å². The van der Waals surface area contributed by atoms with Crippen LogP contribution in [0.4, 0.5) is 13.2 Å².